The van der Waals surface area contributed by atoms with E-state index in [1.165, 1.54) is 4.90 Å². The molecular formula is C12H22N2O4. The third-order valence-corrected chi connectivity index (χ3v) is 3.42. The Kier molecular flexibility index (Phi) is 4.95. The second kappa shape index (κ2) is 6.04. The molecule has 3 N–H and O–H groups in total. The molecule has 0 saturated carbocycles. The lowest BCUT2D eigenvalue weighted by Crippen LogP contribution is -2.54. The summed E-state index contributed by atoms with van der Waals surface area (Å²) in [6, 6.07) is -1.31. The van der Waals surface area contributed by atoms with Crippen molar-refractivity contribution in [2.45, 2.75) is 39.3 Å². The zero-order chi connectivity index (χ0) is 13.9. The van der Waals surface area contributed by atoms with E-state index >= 15 is 0 Å². The molecule has 6 nitrogen and oxygen atoms in total. The second-order valence-electron chi connectivity index (χ2n) is 5.29. The molecule has 2 unspecified atom stereocenters. The monoisotopic (exact) mass is 258 g/mol. The number of likely N-dealkylation sites (tertiary alicyclic amines) is 1. The van der Waals surface area contributed by atoms with E-state index in [1.54, 1.807) is 13.8 Å². The maximum Gasteiger partial charge on any atom is 0.326 e. The first kappa shape index (κ1) is 14.8. The molecule has 6 heteroatoms. The lowest BCUT2D eigenvalue weighted by atomic mass is 9.96. The maximum atomic E-state index is 11.9. The highest BCUT2D eigenvalue weighted by atomic mass is 16.4. The molecule has 1 heterocycles. The fourth-order valence-electron chi connectivity index (χ4n) is 1.97. The van der Waals surface area contributed by atoms with Crippen molar-refractivity contribution in [1.82, 2.24) is 10.2 Å². The third kappa shape index (κ3) is 3.60. The van der Waals surface area contributed by atoms with Crippen LogP contribution in [0, 0.1) is 11.8 Å². The number of aliphatic hydroxyl groups excluding tert-OH is 1. The number of carbonyl (C=O) groups excluding carboxylic acids is 1. The van der Waals surface area contributed by atoms with E-state index in [-0.39, 0.29) is 18.4 Å². The van der Waals surface area contributed by atoms with Crippen LogP contribution in [-0.2, 0) is 4.79 Å². The molecule has 0 aliphatic carbocycles. The average molecular weight is 258 g/mol. The van der Waals surface area contributed by atoms with Crippen molar-refractivity contribution in [3.63, 3.8) is 0 Å². The first-order chi connectivity index (χ1) is 8.32. The molecule has 1 aliphatic heterocycles. The van der Waals surface area contributed by atoms with Gasteiger partial charge in [-0.25, -0.2) is 9.59 Å². The SMILES string of the molecule is CC1CCN(C(=O)N[C@@H](C(=O)O)C(C)C)CC1O. The maximum absolute atomic E-state index is 11.9. The number of nitrogens with zero attached hydrogens (tertiary/aromatic N) is 1. The van der Waals surface area contributed by atoms with E-state index in [1.807, 2.05) is 6.92 Å². The summed E-state index contributed by atoms with van der Waals surface area (Å²) in [4.78, 5) is 24.4. The lowest BCUT2D eigenvalue weighted by molar-refractivity contribution is -0.140. The molecule has 0 aromatic heterocycles. The van der Waals surface area contributed by atoms with Gasteiger partial charge in [0, 0.05) is 13.1 Å². The molecule has 0 bridgehead atoms. The summed E-state index contributed by atoms with van der Waals surface area (Å²) in [6.07, 6.45) is 0.195. The number of aliphatic carboxylic acids is 1. The van der Waals surface area contributed by atoms with Gasteiger partial charge in [-0.15, -0.1) is 0 Å². The number of urea groups is 1. The minimum absolute atomic E-state index is 0.175. The minimum atomic E-state index is -1.04. The van der Waals surface area contributed by atoms with Crippen molar-refractivity contribution in [3.8, 4) is 0 Å². The van der Waals surface area contributed by atoms with Crippen LogP contribution in [0.25, 0.3) is 0 Å². The fourth-order valence-corrected chi connectivity index (χ4v) is 1.97. The predicted octanol–water partition coefficient (Wildman–Crippen LogP) is 0.508. The molecule has 18 heavy (non-hydrogen) atoms. The topological polar surface area (TPSA) is 89.9 Å². The summed E-state index contributed by atoms with van der Waals surface area (Å²) in [5.74, 6) is -1.04. The number of β-amino-alcohol motifs (C(OH)–C–C–N with tert-alkyl or cyclic N) is 1. The number of amides is 2. The van der Waals surface area contributed by atoms with Gasteiger partial charge in [-0.1, -0.05) is 20.8 Å². The Bertz CT molecular complexity index is 319. The van der Waals surface area contributed by atoms with Crippen LogP contribution in [0.1, 0.15) is 27.2 Å². The summed E-state index contributed by atoms with van der Waals surface area (Å²) in [7, 11) is 0. The minimum Gasteiger partial charge on any atom is -0.480 e. The van der Waals surface area contributed by atoms with Crippen molar-refractivity contribution < 1.29 is 19.8 Å². The normalized spacial score (nSPS) is 25.9. The Morgan fingerprint density at radius 3 is 2.44 bits per heavy atom. The van der Waals surface area contributed by atoms with Gasteiger partial charge in [0.05, 0.1) is 6.10 Å². The highest BCUT2D eigenvalue weighted by Gasteiger charge is 2.30. The number of carbonyl (C=O) groups is 2. The van der Waals surface area contributed by atoms with Crippen LogP contribution in [0.2, 0.25) is 0 Å². The zero-order valence-corrected chi connectivity index (χ0v) is 11.1. The van der Waals surface area contributed by atoms with E-state index in [0.29, 0.717) is 6.54 Å². The number of carboxylic acid groups (broad SMARTS) is 1. The Labute approximate surface area is 107 Å². The van der Waals surface area contributed by atoms with Gasteiger partial charge in [-0.3, -0.25) is 0 Å². The van der Waals surface area contributed by atoms with Gasteiger partial charge in [0.2, 0.25) is 0 Å². The van der Waals surface area contributed by atoms with Gasteiger partial charge < -0.3 is 20.4 Å². The molecule has 1 aliphatic rings. The van der Waals surface area contributed by atoms with Crippen molar-refractivity contribution in [2.75, 3.05) is 13.1 Å². The number of hydrogen-bond acceptors (Lipinski definition) is 3. The number of nitrogens with one attached hydrogen (secondary N) is 1. The Morgan fingerprint density at radius 1 is 1.39 bits per heavy atom. The number of aliphatic hydroxyl groups is 1. The van der Waals surface area contributed by atoms with Crippen molar-refractivity contribution in [2.24, 2.45) is 11.8 Å². The molecular weight excluding hydrogens is 236 g/mol. The van der Waals surface area contributed by atoms with E-state index in [4.69, 9.17) is 5.11 Å². The van der Waals surface area contributed by atoms with Crippen LogP contribution in [-0.4, -0.2) is 52.3 Å². The first-order valence-electron chi connectivity index (χ1n) is 6.29. The number of carboxylic acids is 1. The summed E-state index contributed by atoms with van der Waals surface area (Å²) in [6.45, 7) is 6.23. The van der Waals surface area contributed by atoms with Gasteiger partial charge in [-0.2, -0.15) is 0 Å². The van der Waals surface area contributed by atoms with Gasteiger partial charge in [0.25, 0.3) is 0 Å². The molecule has 104 valence electrons. The Balaban J connectivity index is 2.57. The first-order valence-corrected chi connectivity index (χ1v) is 6.29. The van der Waals surface area contributed by atoms with Crippen molar-refractivity contribution in [3.05, 3.63) is 0 Å². The summed E-state index contributed by atoms with van der Waals surface area (Å²) in [5, 5.41) is 21.2. The summed E-state index contributed by atoms with van der Waals surface area (Å²) >= 11 is 0. The van der Waals surface area contributed by atoms with Crippen molar-refractivity contribution in [1.29, 1.82) is 0 Å². The van der Waals surface area contributed by atoms with Crippen LogP contribution >= 0.6 is 0 Å². The molecule has 1 rings (SSSR count). The molecule has 0 aromatic rings. The quantitative estimate of drug-likeness (QED) is 0.688. The van der Waals surface area contributed by atoms with Gasteiger partial charge >= 0.3 is 12.0 Å². The lowest BCUT2D eigenvalue weighted by Gasteiger charge is -2.35. The van der Waals surface area contributed by atoms with Crippen LogP contribution in [0.4, 0.5) is 4.79 Å². The smallest absolute Gasteiger partial charge is 0.326 e. The van der Waals surface area contributed by atoms with Crippen LogP contribution in [0.3, 0.4) is 0 Å². The molecule has 0 aromatic carbocycles. The van der Waals surface area contributed by atoms with E-state index in [2.05, 4.69) is 5.32 Å². The molecule has 3 atom stereocenters. The van der Waals surface area contributed by atoms with Crippen molar-refractivity contribution >= 4 is 12.0 Å². The number of piperidine rings is 1. The van der Waals surface area contributed by atoms with Gasteiger partial charge in [0.15, 0.2) is 0 Å². The van der Waals surface area contributed by atoms with Crippen LogP contribution in [0.5, 0.6) is 0 Å². The Morgan fingerprint density at radius 2 is 2.00 bits per heavy atom. The standard InChI is InChI=1S/C12H22N2O4/c1-7(2)10(11(16)17)13-12(18)14-5-4-8(3)9(15)6-14/h7-10,15H,4-6H2,1-3H3,(H,13,18)(H,16,17)/t8?,9?,10-/m1/s1. The van der Waals surface area contributed by atoms with E-state index < -0.39 is 24.1 Å². The van der Waals surface area contributed by atoms with Crippen LogP contribution < -0.4 is 5.32 Å². The molecule has 0 spiro atoms. The summed E-state index contributed by atoms with van der Waals surface area (Å²) < 4.78 is 0. The highest BCUT2D eigenvalue weighted by Crippen LogP contribution is 2.17. The fraction of sp³-hybridized carbons (Fsp3) is 0.833. The number of rotatable bonds is 3. The molecule has 0 radical (unpaired) electrons. The van der Waals surface area contributed by atoms with Gasteiger partial charge in [0.1, 0.15) is 6.04 Å². The largest absolute Gasteiger partial charge is 0.480 e. The predicted molar refractivity (Wildman–Crippen MR) is 66.2 cm³/mol. The molecule has 1 saturated heterocycles. The second-order valence-corrected chi connectivity index (χ2v) is 5.29. The summed E-state index contributed by atoms with van der Waals surface area (Å²) in [5.41, 5.74) is 0. The van der Waals surface area contributed by atoms with E-state index in [9.17, 15) is 14.7 Å². The van der Waals surface area contributed by atoms with Gasteiger partial charge in [-0.05, 0) is 18.3 Å². The van der Waals surface area contributed by atoms with Crippen LogP contribution in [0.15, 0.2) is 0 Å². The molecule has 2 amide bonds. The zero-order valence-electron chi connectivity index (χ0n) is 11.1. The molecule has 1 fully saturated rings. The Hall–Kier alpha value is -1.30. The number of hydrogen-bond donors (Lipinski definition) is 3. The third-order valence-electron chi connectivity index (χ3n) is 3.42. The average Bonchev–Trinajstić information content (AvgIpc) is 2.28. The van der Waals surface area contributed by atoms with E-state index in [0.717, 1.165) is 6.42 Å². The highest BCUT2D eigenvalue weighted by molar-refractivity contribution is 5.82.